The molecule has 0 spiro atoms. The van der Waals surface area contributed by atoms with Gasteiger partial charge in [-0.1, -0.05) is 12.1 Å². The molecule has 25 heavy (non-hydrogen) atoms. The van der Waals surface area contributed by atoms with Crippen LogP contribution in [-0.2, 0) is 16.9 Å². The standard InChI is InChI=1S/C18H16N4O3/c1-11-14(20-13-7-4-3-6-12(13)19-11)10-22-16(23)18(2,21-17(22)24)15-8-5-9-25-15/h3-9H,10H2,1-2H3,(H,21,24). The van der Waals surface area contributed by atoms with Gasteiger partial charge >= 0.3 is 6.03 Å². The van der Waals surface area contributed by atoms with Gasteiger partial charge in [0.25, 0.3) is 5.91 Å². The van der Waals surface area contributed by atoms with Crippen LogP contribution in [0.1, 0.15) is 24.1 Å². The lowest BCUT2D eigenvalue weighted by Crippen LogP contribution is -2.40. The van der Waals surface area contributed by atoms with Crippen LogP contribution in [0, 0.1) is 6.92 Å². The van der Waals surface area contributed by atoms with Gasteiger partial charge in [0.2, 0.25) is 0 Å². The number of imide groups is 1. The highest BCUT2D eigenvalue weighted by Crippen LogP contribution is 2.30. The number of carbonyl (C=O) groups excluding carboxylic acids is 2. The van der Waals surface area contributed by atoms with Crippen molar-refractivity contribution in [3.05, 3.63) is 59.8 Å². The van der Waals surface area contributed by atoms with E-state index in [0.717, 1.165) is 15.9 Å². The summed E-state index contributed by atoms with van der Waals surface area (Å²) in [6, 6.07) is 10.4. The Morgan fingerprint density at radius 1 is 1.12 bits per heavy atom. The van der Waals surface area contributed by atoms with Gasteiger partial charge in [0, 0.05) is 0 Å². The van der Waals surface area contributed by atoms with Crippen molar-refractivity contribution in [2.24, 2.45) is 0 Å². The number of benzene rings is 1. The number of hydrogen-bond donors (Lipinski definition) is 1. The Morgan fingerprint density at radius 2 is 1.84 bits per heavy atom. The third kappa shape index (κ3) is 2.36. The lowest BCUT2D eigenvalue weighted by atomic mass is 9.99. The van der Waals surface area contributed by atoms with Crippen LogP contribution in [0.4, 0.5) is 4.79 Å². The molecule has 0 bridgehead atoms. The molecular weight excluding hydrogens is 320 g/mol. The molecule has 1 N–H and O–H groups in total. The highest BCUT2D eigenvalue weighted by Gasteiger charge is 2.51. The maximum Gasteiger partial charge on any atom is 0.325 e. The Morgan fingerprint density at radius 3 is 2.52 bits per heavy atom. The Hall–Kier alpha value is -3.22. The van der Waals surface area contributed by atoms with Gasteiger partial charge in [-0.25, -0.2) is 14.8 Å². The van der Waals surface area contributed by atoms with Crippen LogP contribution in [0.5, 0.6) is 0 Å². The van der Waals surface area contributed by atoms with Crippen molar-refractivity contribution in [1.82, 2.24) is 20.2 Å². The molecule has 7 heteroatoms. The van der Waals surface area contributed by atoms with Crippen LogP contribution in [-0.4, -0.2) is 26.8 Å². The lowest BCUT2D eigenvalue weighted by Gasteiger charge is -2.19. The zero-order valence-electron chi connectivity index (χ0n) is 13.8. The predicted molar refractivity (Wildman–Crippen MR) is 89.4 cm³/mol. The van der Waals surface area contributed by atoms with Crippen LogP contribution >= 0.6 is 0 Å². The summed E-state index contributed by atoms with van der Waals surface area (Å²) in [5, 5.41) is 2.70. The Balaban J connectivity index is 1.68. The van der Waals surface area contributed by atoms with Gasteiger partial charge < -0.3 is 9.73 Å². The summed E-state index contributed by atoms with van der Waals surface area (Å²) in [7, 11) is 0. The van der Waals surface area contributed by atoms with E-state index in [9.17, 15) is 9.59 Å². The molecule has 3 heterocycles. The molecule has 2 aromatic heterocycles. The SMILES string of the molecule is Cc1nc2ccccc2nc1CN1C(=O)NC(C)(c2ccco2)C1=O. The zero-order chi connectivity index (χ0) is 17.6. The number of carbonyl (C=O) groups is 2. The maximum absolute atomic E-state index is 12.8. The number of amides is 3. The van der Waals surface area contributed by atoms with Gasteiger partial charge in [0.1, 0.15) is 5.76 Å². The van der Waals surface area contributed by atoms with E-state index in [1.807, 2.05) is 31.2 Å². The van der Waals surface area contributed by atoms with E-state index >= 15 is 0 Å². The molecule has 1 unspecified atom stereocenters. The fourth-order valence-electron chi connectivity index (χ4n) is 2.99. The van der Waals surface area contributed by atoms with E-state index < -0.39 is 11.6 Å². The number of nitrogens with one attached hydrogen (secondary N) is 1. The van der Waals surface area contributed by atoms with Crippen molar-refractivity contribution >= 4 is 23.0 Å². The van der Waals surface area contributed by atoms with Gasteiger partial charge in [-0.05, 0) is 38.1 Å². The molecule has 1 aliphatic heterocycles. The number of nitrogens with zero attached hydrogens (tertiary/aromatic N) is 3. The van der Waals surface area contributed by atoms with Crippen LogP contribution in [0.3, 0.4) is 0 Å². The van der Waals surface area contributed by atoms with E-state index in [1.54, 1.807) is 19.1 Å². The molecule has 0 saturated carbocycles. The molecule has 7 nitrogen and oxygen atoms in total. The van der Waals surface area contributed by atoms with Crippen molar-refractivity contribution < 1.29 is 14.0 Å². The molecule has 1 aromatic carbocycles. The van der Waals surface area contributed by atoms with E-state index in [2.05, 4.69) is 15.3 Å². The number of furan rings is 1. The molecule has 126 valence electrons. The van der Waals surface area contributed by atoms with Crippen LogP contribution in [0.2, 0.25) is 0 Å². The zero-order valence-corrected chi connectivity index (χ0v) is 13.8. The van der Waals surface area contributed by atoms with Crippen LogP contribution in [0.15, 0.2) is 47.1 Å². The van der Waals surface area contributed by atoms with Crippen molar-refractivity contribution in [2.45, 2.75) is 25.9 Å². The fraction of sp³-hybridized carbons (Fsp3) is 0.222. The lowest BCUT2D eigenvalue weighted by molar-refractivity contribution is -0.132. The number of rotatable bonds is 3. The number of hydrogen-bond acceptors (Lipinski definition) is 5. The van der Waals surface area contributed by atoms with Gasteiger partial charge in [0.05, 0.1) is 35.2 Å². The largest absolute Gasteiger partial charge is 0.466 e. The second-order valence-electron chi connectivity index (χ2n) is 6.17. The number of aryl methyl sites for hydroxylation is 1. The van der Waals surface area contributed by atoms with Crippen molar-refractivity contribution in [1.29, 1.82) is 0 Å². The summed E-state index contributed by atoms with van der Waals surface area (Å²) in [5.41, 5.74) is 1.57. The van der Waals surface area contributed by atoms with Gasteiger partial charge in [-0.2, -0.15) is 0 Å². The molecule has 1 atom stereocenters. The van der Waals surface area contributed by atoms with Crippen molar-refractivity contribution in [2.75, 3.05) is 0 Å². The number of fused-ring (bicyclic) bond motifs is 1. The molecule has 1 saturated heterocycles. The summed E-state index contributed by atoms with van der Waals surface area (Å²) < 4.78 is 5.33. The average Bonchev–Trinajstić information content (AvgIpc) is 3.20. The number of urea groups is 1. The first kappa shape index (κ1) is 15.3. The van der Waals surface area contributed by atoms with E-state index in [-0.39, 0.29) is 12.5 Å². The predicted octanol–water partition coefficient (Wildman–Crippen LogP) is 2.50. The minimum Gasteiger partial charge on any atom is -0.466 e. The van der Waals surface area contributed by atoms with E-state index in [0.29, 0.717) is 17.1 Å². The van der Waals surface area contributed by atoms with Crippen LogP contribution in [0.25, 0.3) is 11.0 Å². The van der Waals surface area contributed by atoms with Crippen molar-refractivity contribution in [3.63, 3.8) is 0 Å². The molecule has 0 radical (unpaired) electrons. The second-order valence-corrected chi connectivity index (χ2v) is 6.17. The monoisotopic (exact) mass is 336 g/mol. The summed E-state index contributed by atoms with van der Waals surface area (Å²) in [5.74, 6) is 0.0245. The van der Waals surface area contributed by atoms with E-state index in [1.165, 1.54) is 6.26 Å². The maximum atomic E-state index is 12.8. The number of para-hydroxylation sites is 2. The first-order chi connectivity index (χ1) is 12.0. The highest BCUT2D eigenvalue weighted by molar-refractivity contribution is 6.06. The first-order valence-corrected chi connectivity index (χ1v) is 7.89. The normalized spacial score (nSPS) is 20.3. The Bertz CT molecular complexity index is 983. The quantitative estimate of drug-likeness (QED) is 0.742. The topological polar surface area (TPSA) is 88.3 Å². The van der Waals surface area contributed by atoms with Gasteiger partial charge in [-0.3, -0.25) is 9.69 Å². The highest BCUT2D eigenvalue weighted by atomic mass is 16.3. The molecule has 1 fully saturated rings. The molecule has 4 rings (SSSR count). The van der Waals surface area contributed by atoms with Gasteiger partial charge in [-0.15, -0.1) is 0 Å². The third-order valence-electron chi connectivity index (χ3n) is 4.44. The third-order valence-corrected chi connectivity index (χ3v) is 4.44. The van der Waals surface area contributed by atoms with E-state index in [4.69, 9.17) is 4.42 Å². The first-order valence-electron chi connectivity index (χ1n) is 7.89. The minimum atomic E-state index is -1.21. The summed E-state index contributed by atoms with van der Waals surface area (Å²) in [6.07, 6.45) is 1.47. The summed E-state index contributed by atoms with van der Waals surface area (Å²) >= 11 is 0. The number of aromatic nitrogens is 2. The Kier molecular flexibility index (Phi) is 3.31. The fourth-order valence-corrected chi connectivity index (χ4v) is 2.99. The Labute approximate surface area is 143 Å². The molecule has 0 aliphatic carbocycles. The average molecular weight is 336 g/mol. The molecule has 3 amide bonds. The summed E-state index contributed by atoms with van der Waals surface area (Å²) in [4.78, 5) is 35.4. The van der Waals surface area contributed by atoms with Gasteiger partial charge in [0.15, 0.2) is 5.54 Å². The van der Waals surface area contributed by atoms with Crippen LogP contribution < -0.4 is 5.32 Å². The molecular formula is C18H16N4O3. The van der Waals surface area contributed by atoms with Crippen molar-refractivity contribution in [3.8, 4) is 0 Å². The molecule has 1 aliphatic rings. The summed E-state index contributed by atoms with van der Waals surface area (Å²) in [6.45, 7) is 3.51. The molecule has 3 aromatic rings. The second kappa shape index (κ2) is 5.41. The minimum absolute atomic E-state index is 0.0602. The smallest absolute Gasteiger partial charge is 0.325 e.